The van der Waals surface area contributed by atoms with E-state index in [9.17, 15) is 9.90 Å². The normalized spacial score (nSPS) is 11.3. The molecule has 0 bridgehead atoms. The fourth-order valence-corrected chi connectivity index (χ4v) is 3.04. The molecular weight excluding hydrogens is 354 g/mol. The maximum absolute atomic E-state index is 13.2. The third-order valence-corrected chi connectivity index (χ3v) is 4.81. The number of methoxy groups -OCH3 is 1. The van der Waals surface area contributed by atoms with Crippen LogP contribution in [-0.4, -0.2) is 35.2 Å². The van der Waals surface area contributed by atoms with E-state index in [2.05, 4.69) is 0 Å². The highest BCUT2D eigenvalue weighted by atomic mass is 16.5. The van der Waals surface area contributed by atoms with E-state index in [-0.39, 0.29) is 19.1 Å². The molecule has 0 atom stereocenters. The van der Waals surface area contributed by atoms with Crippen LogP contribution in [0.1, 0.15) is 30.0 Å². The van der Waals surface area contributed by atoms with Crippen LogP contribution in [0.25, 0.3) is 11.1 Å². The summed E-state index contributed by atoms with van der Waals surface area (Å²) in [6.45, 7) is 3.79. The van der Waals surface area contributed by atoms with E-state index in [4.69, 9.17) is 9.15 Å². The number of hydrogen-bond acceptors (Lipinski definition) is 4. The predicted octanol–water partition coefficient (Wildman–Crippen LogP) is 4.37. The largest absolute Gasteiger partial charge is 0.496 e. The summed E-state index contributed by atoms with van der Waals surface area (Å²) in [6, 6.07) is 18.8. The maximum Gasteiger partial charge on any atom is 0.254 e. The van der Waals surface area contributed by atoms with Gasteiger partial charge in [-0.2, -0.15) is 0 Å². The lowest BCUT2D eigenvalue weighted by Gasteiger charge is -2.36. The van der Waals surface area contributed by atoms with Gasteiger partial charge in [0.2, 0.25) is 0 Å². The third kappa shape index (κ3) is 4.10. The summed E-state index contributed by atoms with van der Waals surface area (Å²) in [5, 5.41) is 9.80. The molecule has 5 nitrogen and oxygen atoms in total. The Labute approximate surface area is 165 Å². The molecule has 0 spiro atoms. The van der Waals surface area contributed by atoms with Crippen molar-refractivity contribution in [2.24, 2.45) is 0 Å². The average molecular weight is 379 g/mol. The topological polar surface area (TPSA) is 62.9 Å². The van der Waals surface area contributed by atoms with Crippen molar-refractivity contribution < 1.29 is 19.1 Å². The smallest absolute Gasteiger partial charge is 0.254 e. The lowest BCUT2D eigenvalue weighted by Crippen LogP contribution is -2.49. The first-order valence-electron chi connectivity index (χ1n) is 9.15. The number of ether oxygens (including phenoxy) is 1. The molecule has 1 heterocycles. The van der Waals surface area contributed by atoms with Crippen molar-refractivity contribution in [1.29, 1.82) is 0 Å². The van der Waals surface area contributed by atoms with Gasteiger partial charge in [0, 0.05) is 11.1 Å². The Morgan fingerprint density at radius 1 is 1.07 bits per heavy atom. The molecule has 0 saturated carbocycles. The number of hydrogen-bond donors (Lipinski definition) is 1. The predicted molar refractivity (Wildman–Crippen MR) is 108 cm³/mol. The molecule has 1 aromatic heterocycles. The van der Waals surface area contributed by atoms with Crippen LogP contribution in [0.15, 0.2) is 71.3 Å². The van der Waals surface area contributed by atoms with Gasteiger partial charge in [-0.1, -0.05) is 30.3 Å². The van der Waals surface area contributed by atoms with Crippen LogP contribution in [0.4, 0.5) is 0 Å². The van der Waals surface area contributed by atoms with E-state index >= 15 is 0 Å². The molecule has 3 aromatic rings. The molecule has 3 rings (SSSR count). The molecule has 0 aliphatic carbocycles. The van der Waals surface area contributed by atoms with Crippen LogP contribution < -0.4 is 4.74 Å². The average Bonchev–Trinajstić information content (AvgIpc) is 3.25. The zero-order chi connectivity index (χ0) is 20.1. The maximum atomic E-state index is 13.2. The molecule has 1 amide bonds. The lowest BCUT2D eigenvalue weighted by molar-refractivity contribution is 0.0315. The van der Waals surface area contributed by atoms with Crippen molar-refractivity contribution in [3.8, 4) is 16.9 Å². The number of aliphatic hydroxyl groups is 1. The summed E-state index contributed by atoms with van der Waals surface area (Å²) in [5.41, 5.74) is 1.75. The van der Waals surface area contributed by atoms with E-state index in [0.717, 1.165) is 16.9 Å². The molecule has 5 heteroatoms. The van der Waals surface area contributed by atoms with Gasteiger partial charge in [-0.3, -0.25) is 4.79 Å². The van der Waals surface area contributed by atoms with E-state index in [0.29, 0.717) is 11.3 Å². The van der Waals surface area contributed by atoms with Gasteiger partial charge in [-0.15, -0.1) is 0 Å². The molecule has 0 aliphatic heterocycles. The van der Waals surface area contributed by atoms with Crippen LogP contribution in [0.2, 0.25) is 0 Å². The van der Waals surface area contributed by atoms with Gasteiger partial charge in [0.1, 0.15) is 11.5 Å². The first-order valence-corrected chi connectivity index (χ1v) is 9.15. The van der Waals surface area contributed by atoms with E-state index in [1.54, 1.807) is 36.5 Å². The van der Waals surface area contributed by atoms with Gasteiger partial charge in [-0.05, 0) is 49.7 Å². The van der Waals surface area contributed by atoms with Crippen LogP contribution in [0.3, 0.4) is 0 Å². The SMILES string of the molecule is COc1ccccc1-c1ccc(C(=O)N(Cc2ccco2)C(C)(C)CO)cc1. The fourth-order valence-electron chi connectivity index (χ4n) is 3.04. The second kappa shape index (κ2) is 8.31. The third-order valence-electron chi connectivity index (χ3n) is 4.81. The van der Waals surface area contributed by atoms with Gasteiger partial charge in [0.25, 0.3) is 5.91 Å². The van der Waals surface area contributed by atoms with Crippen LogP contribution in [-0.2, 0) is 6.54 Å². The molecule has 0 fully saturated rings. The van der Waals surface area contributed by atoms with Crippen molar-refractivity contribution in [2.45, 2.75) is 25.9 Å². The fraction of sp³-hybridized carbons (Fsp3) is 0.261. The Morgan fingerprint density at radius 2 is 1.79 bits per heavy atom. The van der Waals surface area contributed by atoms with Crippen LogP contribution in [0, 0.1) is 0 Å². The van der Waals surface area contributed by atoms with Crippen LogP contribution >= 0.6 is 0 Å². The number of carbonyl (C=O) groups excluding carboxylic acids is 1. The number of carbonyl (C=O) groups is 1. The molecule has 0 radical (unpaired) electrons. The Morgan fingerprint density at radius 3 is 2.39 bits per heavy atom. The molecule has 146 valence electrons. The number of benzene rings is 2. The second-order valence-electron chi connectivity index (χ2n) is 7.22. The number of furan rings is 1. The summed E-state index contributed by atoms with van der Waals surface area (Å²) in [4.78, 5) is 14.8. The number of para-hydroxylation sites is 1. The first kappa shape index (κ1) is 19.7. The molecule has 2 aromatic carbocycles. The minimum absolute atomic E-state index is 0.154. The summed E-state index contributed by atoms with van der Waals surface area (Å²) in [6.07, 6.45) is 1.58. The zero-order valence-corrected chi connectivity index (χ0v) is 16.4. The standard InChI is InChI=1S/C23H25NO4/c1-23(2,16-25)24(15-19-7-6-14-28-19)22(26)18-12-10-17(11-13-18)20-8-4-5-9-21(20)27-3/h4-14,25H,15-16H2,1-3H3. The van der Waals surface area contributed by atoms with Crippen molar-refractivity contribution in [1.82, 2.24) is 4.90 Å². The van der Waals surface area contributed by atoms with Crippen molar-refractivity contribution in [3.63, 3.8) is 0 Å². The Balaban J connectivity index is 1.89. The lowest BCUT2D eigenvalue weighted by atomic mass is 9.99. The quantitative estimate of drug-likeness (QED) is 0.662. The van der Waals surface area contributed by atoms with Gasteiger partial charge >= 0.3 is 0 Å². The summed E-state index contributed by atoms with van der Waals surface area (Å²) in [7, 11) is 1.64. The summed E-state index contributed by atoms with van der Waals surface area (Å²) >= 11 is 0. The molecular formula is C23H25NO4. The number of amides is 1. The Bertz CT molecular complexity index is 914. The van der Waals surface area contributed by atoms with Crippen molar-refractivity contribution in [3.05, 3.63) is 78.3 Å². The number of rotatable bonds is 7. The molecule has 28 heavy (non-hydrogen) atoms. The Kier molecular flexibility index (Phi) is 5.85. The molecule has 0 aliphatic rings. The number of nitrogens with zero attached hydrogens (tertiary/aromatic N) is 1. The van der Waals surface area contributed by atoms with Gasteiger partial charge in [0.05, 0.1) is 32.1 Å². The number of aliphatic hydroxyl groups excluding tert-OH is 1. The van der Waals surface area contributed by atoms with Crippen molar-refractivity contribution >= 4 is 5.91 Å². The van der Waals surface area contributed by atoms with Gasteiger partial charge < -0.3 is 19.2 Å². The summed E-state index contributed by atoms with van der Waals surface area (Å²) in [5.74, 6) is 1.28. The summed E-state index contributed by atoms with van der Waals surface area (Å²) < 4.78 is 10.8. The van der Waals surface area contributed by atoms with Crippen LogP contribution in [0.5, 0.6) is 5.75 Å². The van der Waals surface area contributed by atoms with Gasteiger partial charge in [-0.25, -0.2) is 0 Å². The molecule has 0 saturated heterocycles. The van der Waals surface area contributed by atoms with E-state index in [1.807, 2.05) is 56.3 Å². The highest BCUT2D eigenvalue weighted by Crippen LogP contribution is 2.30. The highest BCUT2D eigenvalue weighted by molar-refractivity contribution is 5.95. The first-order chi connectivity index (χ1) is 13.5. The zero-order valence-electron chi connectivity index (χ0n) is 16.4. The highest BCUT2D eigenvalue weighted by Gasteiger charge is 2.31. The minimum atomic E-state index is -0.731. The van der Waals surface area contributed by atoms with Crippen molar-refractivity contribution in [2.75, 3.05) is 13.7 Å². The molecule has 1 N–H and O–H groups in total. The monoisotopic (exact) mass is 379 g/mol. The molecule has 0 unspecified atom stereocenters. The van der Waals surface area contributed by atoms with Gasteiger partial charge in [0.15, 0.2) is 0 Å². The van der Waals surface area contributed by atoms with E-state index < -0.39 is 5.54 Å². The van der Waals surface area contributed by atoms with E-state index in [1.165, 1.54) is 0 Å². The minimum Gasteiger partial charge on any atom is -0.496 e. The second-order valence-corrected chi connectivity index (χ2v) is 7.22. The Hall–Kier alpha value is -3.05.